The molecule has 2 fully saturated rings. The third kappa shape index (κ3) is 5.10. The van der Waals surface area contributed by atoms with Gasteiger partial charge in [-0.2, -0.15) is 0 Å². The van der Waals surface area contributed by atoms with Gasteiger partial charge in [0.2, 0.25) is 11.8 Å². The van der Waals surface area contributed by atoms with Crippen molar-refractivity contribution < 1.29 is 14.3 Å². The van der Waals surface area contributed by atoms with Crippen molar-refractivity contribution in [3.63, 3.8) is 0 Å². The van der Waals surface area contributed by atoms with Gasteiger partial charge in [-0.05, 0) is 48.5 Å². The number of anilines is 1. The Bertz CT molecular complexity index is 1110. The molecule has 2 saturated heterocycles. The summed E-state index contributed by atoms with van der Waals surface area (Å²) in [6.45, 7) is 3.59. The topological polar surface area (TPSA) is 66.0 Å². The molecule has 0 radical (unpaired) electrons. The van der Waals surface area contributed by atoms with Crippen molar-refractivity contribution >= 4 is 17.5 Å². The summed E-state index contributed by atoms with van der Waals surface area (Å²) < 4.78 is 5.86. The minimum absolute atomic E-state index is 0.111. The number of amides is 2. The second-order valence-electron chi connectivity index (χ2n) is 8.69. The lowest BCUT2D eigenvalue weighted by atomic mass is 10.1. The van der Waals surface area contributed by atoms with Crippen molar-refractivity contribution in [2.75, 3.05) is 37.6 Å². The molecule has 1 unspecified atom stereocenters. The molecule has 2 aliphatic heterocycles. The van der Waals surface area contributed by atoms with Gasteiger partial charge >= 0.3 is 0 Å². The van der Waals surface area contributed by atoms with E-state index in [4.69, 9.17) is 4.74 Å². The van der Waals surface area contributed by atoms with Crippen molar-refractivity contribution in [1.29, 1.82) is 0 Å². The van der Waals surface area contributed by atoms with Crippen LogP contribution in [0.15, 0.2) is 79.0 Å². The molecule has 1 aromatic heterocycles. The Balaban J connectivity index is 1.14. The van der Waals surface area contributed by atoms with E-state index in [1.54, 1.807) is 6.20 Å². The van der Waals surface area contributed by atoms with Crippen LogP contribution in [0, 0.1) is 0 Å². The molecule has 7 heteroatoms. The van der Waals surface area contributed by atoms with Crippen LogP contribution in [0.3, 0.4) is 0 Å². The first-order valence-electron chi connectivity index (χ1n) is 11.7. The molecule has 3 heterocycles. The smallest absolute Gasteiger partial charge is 0.228 e. The number of hydrogen-bond donors (Lipinski definition) is 0. The van der Waals surface area contributed by atoms with E-state index < -0.39 is 0 Å². The Morgan fingerprint density at radius 2 is 1.59 bits per heavy atom. The molecule has 0 aliphatic carbocycles. The van der Waals surface area contributed by atoms with Crippen LogP contribution in [0.2, 0.25) is 0 Å². The van der Waals surface area contributed by atoms with Crippen LogP contribution in [0.25, 0.3) is 0 Å². The van der Waals surface area contributed by atoms with Gasteiger partial charge in [-0.15, -0.1) is 0 Å². The van der Waals surface area contributed by atoms with E-state index in [-0.39, 0.29) is 17.9 Å². The molecule has 7 nitrogen and oxygen atoms in total. The zero-order valence-corrected chi connectivity index (χ0v) is 19.0. The van der Waals surface area contributed by atoms with Crippen molar-refractivity contribution in [1.82, 2.24) is 14.8 Å². The van der Waals surface area contributed by atoms with Gasteiger partial charge < -0.3 is 14.5 Å². The molecule has 0 bridgehead atoms. The van der Waals surface area contributed by atoms with Gasteiger partial charge in [-0.1, -0.05) is 24.3 Å². The maximum absolute atomic E-state index is 12.8. The second-order valence-corrected chi connectivity index (χ2v) is 8.69. The average Bonchev–Trinajstić information content (AvgIpc) is 3.27. The zero-order chi connectivity index (χ0) is 23.3. The molecule has 5 rings (SSSR count). The number of piperazine rings is 1. The van der Waals surface area contributed by atoms with Gasteiger partial charge in [0, 0.05) is 62.8 Å². The molecule has 174 valence electrons. The van der Waals surface area contributed by atoms with Crippen molar-refractivity contribution in [2.24, 2.45) is 0 Å². The number of carbonyl (C=O) groups is 2. The predicted octanol–water partition coefficient (Wildman–Crippen LogP) is 3.37. The van der Waals surface area contributed by atoms with E-state index in [1.165, 1.54) is 0 Å². The Labute approximate surface area is 199 Å². The lowest BCUT2D eigenvalue weighted by Crippen LogP contribution is -2.52. The number of aromatic nitrogens is 1. The fourth-order valence-corrected chi connectivity index (χ4v) is 4.61. The largest absolute Gasteiger partial charge is 0.457 e. The van der Waals surface area contributed by atoms with Crippen LogP contribution >= 0.6 is 0 Å². The molecule has 2 amide bonds. The summed E-state index contributed by atoms with van der Waals surface area (Å²) in [5.41, 5.74) is 1.68. The molecular formula is C27H28N4O3. The number of rotatable bonds is 6. The number of ether oxygens (including phenoxy) is 1. The normalized spacial score (nSPS) is 18.8. The summed E-state index contributed by atoms with van der Waals surface area (Å²) in [6.07, 6.45) is 2.55. The van der Waals surface area contributed by atoms with Gasteiger partial charge in [0.1, 0.15) is 11.5 Å². The Morgan fingerprint density at radius 1 is 0.882 bits per heavy atom. The van der Waals surface area contributed by atoms with Crippen LogP contribution in [-0.2, 0) is 16.0 Å². The molecule has 0 spiro atoms. The number of nitrogens with zero attached hydrogens (tertiary/aromatic N) is 4. The monoisotopic (exact) mass is 456 g/mol. The highest BCUT2D eigenvalue weighted by Gasteiger charge is 2.36. The van der Waals surface area contributed by atoms with Crippen molar-refractivity contribution in [3.8, 4) is 11.5 Å². The highest BCUT2D eigenvalue weighted by molar-refractivity contribution is 5.96. The number of carbonyl (C=O) groups excluding carboxylic acids is 2. The molecule has 34 heavy (non-hydrogen) atoms. The highest BCUT2D eigenvalue weighted by atomic mass is 16.5. The van der Waals surface area contributed by atoms with Crippen LogP contribution in [-0.4, -0.2) is 65.4 Å². The summed E-state index contributed by atoms with van der Waals surface area (Å²) in [6, 6.07) is 23.1. The van der Waals surface area contributed by atoms with E-state index in [9.17, 15) is 9.59 Å². The molecule has 1 atom stereocenters. The van der Waals surface area contributed by atoms with Crippen molar-refractivity contribution in [3.05, 3.63) is 84.7 Å². The van der Waals surface area contributed by atoms with Gasteiger partial charge in [-0.25, -0.2) is 0 Å². The first-order valence-corrected chi connectivity index (χ1v) is 11.7. The fourth-order valence-electron chi connectivity index (χ4n) is 4.61. The number of hydrogen-bond acceptors (Lipinski definition) is 5. The minimum Gasteiger partial charge on any atom is -0.457 e. The SMILES string of the molecule is O=C(Cc1ccccn1)N1CCN(C2CC(=O)N(c3ccc(Oc4ccccc4)cc3)C2)CC1. The third-order valence-corrected chi connectivity index (χ3v) is 6.47. The van der Waals surface area contributed by atoms with E-state index in [1.807, 2.05) is 82.6 Å². The summed E-state index contributed by atoms with van der Waals surface area (Å²) in [5, 5.41) is 0. The lowest BCUT2D eigenvalue weighted by molar-refractivity contribution is -0.132. The number of benzene rings is 2. The molecule has 3 aromatic rings. The molecule has 0 saturated carbocycles. The second kappa shape index (κ2) is 10.1. The standard InChI is InChI=1S/C27H28N4O3/c32-26(18-21-6-4-5-13-28-21)30-16-14-29(15-17-30)23-19-27(33)31(20-23)22-9-11-25(12-10-22)34-24-7-2-1-3-8-24/h1-13,23H,14-20H2. The first kappa shape index (κ1) is 22.1. The Kier molecular flexibility index (Phi) is 6.53. The maximum atomic E-state index is 12.8. The summed E-state index contributed by atoms with van der Waals surface area (Å²) in [5.74, 6) is 1.77. The third-order valence-electron chi connectivity index (χ3n) is 6.47. The Morgan fingerprint density at radius 3 is 2.29 bits per heavy atom. The van der Waals surface area contributed by atoms with E-state index >= 15 is 0 Å². The van der Waals surface area contributed by atoms with Crippen LogP contribution < -0.4 is 9.64 Å². The summed E-state index contributed by atoms with van der Waals surface area (Å²) >= 11 is 0. The number of pyridine rings is 1. The number of para-hydroxylation sites is 1. The quantitative estimate of drug-likeness (QED) is 0.569. The van der Waals surface area contributed by atoms with Crippen molar-refractivity contribution in [2.45, 2.75) is 18.9 Å². The van der Waals surface area contributed by atoms with Gasteiger partial charge in [0.15, 0.2) is 0 Å². The predicted molar refractivity (Wildman–Crippen MR) is 130 cm³/mol. The zero-order valence-electron chi connectivity index (χ0n) is 19.0. The van der Waals surface area contributed by atoms with Crippen LogP contribution in [0.4, 0.5) is 5.69 Å². The average molecular weight is 457 g/mol. The maximum Gasteiger partial charge on any atom is 0.228 e. The fraction of sp³-hybridized carbons (Fsp3) is 0.296. The van der Waals surface area contributed by atoms with E-state index in [2.05, 4.69) is 9.88 Å². The first-order chi connectivity index (χ1) is 16.7. The molecule has 0 N–H and O–H groups in total. The van der Waals surface area contributed by atoms with E-state index in [0.29, 0.717) is 32.5 Å². The lowest BCUT2D eigenvalue weighted by Gasteiger charge is -2.37. The summed E-state index contributed by atoms with van der Waals surface area (Å²) in [7, 11) is 0. The van der Waals surface area contributed by atoms with Gasteiger partial charge in [-0.3, -0.25) is 19.5 Å². The highest BCUT2D eigenvalue weighted by Crippen LogP contribution is 2.28. The minimum atomic E-state index is 0.111. The molecule has 2 aliphatic rings. The van der Waals surface area contributed by atoms with Gasteiger partial charge in [0.05, 0.1) is 6.42 Å². The van der Waals surface area contributed by atoms with Gasteiger partial charge in [0.25, 0.3) is 0 Å². The molecule has 2 aromatic carbocycles. The van der Waals surface area contributed by atoms with Crippen LogP contribution in [0.1, 0.15) is 12.1 Å². The summed E-state index contributed by atoms with van der Waals surface area (Å²) in [4.78, 5) is 35.8. The molecular weight excluding hydrogens is 428 g/mol. The van der Waals surface area contributed by atoms with Crippen LogP contribution in [0.5, 0.6) is 11.5 Å². The van der Waals surface area contributed by atoms with E-state index in [0.717, 1.165) is 36.0 Å². The Hall–Kier alpha value is -3.71.